The first-order valence-electron chi connectivity index (χ1n) is 6.73. The van der Waals surface area contributed by atoms with Crippen molar-refractivity contribution in [1.82, 2.24) is 9.88 Å². The van der Waals surface area contributed by atoms with E-state index in [4.69, 9.17) is 5.73 Å². The Hall–Kier alpha value is -2.08. The molecule has 0 fully saturated rings. The van der Waals surface area contributed by atoms with Crippen LogP contribution < -0.4 is 11.1 Å². The maximum absolute atomic E-state index is 11.9. The lowest BCUT2D eigenvalue weighted by Crippen LogP contribution is -2.21. The molecule has 1 aromatic carbocycles. The number of rotatable bonds is 5. The van der Waals surface area contributed by atoms with Gasteiger partial charge in [-0.15, -0.1) is 11.3 Å². The van der Waals surface area contributed by atoms with Crippen molar-refractivity contribution in [2.45, 2.75) is 13.3 Å². The van der Waals surface area contributed by atoms with Crippen LogP contribution in [-0.2, 0) is 6.42 Å². The number of aromatic nitrogens is 1. The molecule has 0 saturated heterocycles. The van der Waals surface area contributed by atoms with Crippen molar-refractivity contribution in [2.24, 2.45) is 0 Å². The molecule has 0 atom stereocenters. The van der Waals surface area contributed by atoms with E-state index in [1.807, 2.05) is 13.0 Å². The number of hydrogen-bond donors (Lipinski definition) is 2. The van der Waals surface area contributed by atoms with Gasteiger partial charge in [-0.1, -0.05) is 0 Å². The number of carbonyl (C=O) groups excluding carboxylic acids is 1. The SMILES string of the molecule is Cc1nc(CCNc2ccc(C(=O)N(C)C)cc2N)cs1. The van der Waals surface area contributed by atoms with Crippen LogP contribution in [0.2, 0.25) is 0 Å². The summed E-state index contributed by atoms with van der Waals surface area (Å²) in [5, 5.41) is 6.43. The Bertz CT molecular complexity index is 636. The normalized spacial score (nSPS) is 10.4. The minimum absolute atomic E-state index is 0.0498. The molecule has 2 aromatic rings. The summed E-state index contributed by atoms with van der Waals surface area (Å²) in [4.78, 5) is 17.8. The molecular weight excluding hydrogens is 284 g/mol. The fraction of sp³-hybridized carbons (Fsp3) is 0.333. The zero-order chi connectivity index (χ0) is 15.4. The highest BCUT2D eigenvalue weighted by Crippen LogP contribution is 2.20. The van der Waals surface area contributed by atoms with Crippen molar-refractivity contribution in [1.29, 1.82) is 0 Å². The third kappa shape index (κ3) is 3.95. The molecule has 0 bridgehead atoms. The molecule has 1 aromatic heterocycles. The monoisotopic (exact) mass is 304 g/mol. The van der Waals surface area contributed by atoms with Crippen LogP contribution in [0.1, 0.15) is 21.1 Å². The Morgan fingerprint density at radius 1 is 1.43 bits per heavy atom. The molecule has 1 heterocycles. The van der Waals surface area contributed by atoms with Gasteiger partial charge in [0.1, 0.15) is 0 Å². The summed E-state index contributed by atoms with van der Waals surface area (Å²) in [5.41, 5.74) is 9.10. The van der Waals surface area contributed by atoms with Gasteiger partial charge in [-0.25, -0.2) is 4.98 Å². The van der Waals surface area contributed by atoms with Crippen LogP contribution in [0.4, 0.5) is 11.4 Å². The van der Waals surface area contributed by atoms with Crippen LogP contribution in [0.25, 0.3) is 0 Å². The number of nitrogens with two attached hydrogens (primary N) is 1. The fourth-order valence-corrected chi connectivity index (χ4v) is 2.61. The summed E-state index contributed by atoms with van der Waals surface area (Å²) in [5.74, 6) is -0.0498. The van der Waals surface area contributed by atoms with Gasteiger partial charge in [0.25, 0.3) is 5.91 Å². The number of thiazole rings is 1. The zero-order valence-corrected chi connectivity index (χ0v) is 13.3. The number of hydrogen-bond acceptors (Lipinski definition) is 5. The Balaban J connectivity index is 1.96. The van der Waals surface area contributed by atoms with Crippen LogP contribution in [0.5, 0.6) is 0 Å². The number of aryl methyl sites for hydroxylation is 1. The number of nitrogens with one attached hydrogen (secondary N) is 1. The predicted molar refractivity (Wildman–Crippen MR) is 87.9 cm³/mol. The molecule has 5 nitrogen and oxygen atoms in total. The Labute approximate surface area is 128 Å². The first-order chi connectivity index (χ1) is 9.97. The Morgan fingerprint density at radius 2 is 2.19 bits per heavy atom. The highest BCUT2D eigenvalue weighted by atomic mass is 32.1. The van der Waals surface area contributed by atoms with Crippen LogP contribution >= 0.6 is 11.3 Å². The van der Waals surface area contributed by atoms with Crippen LogP contribution in [0, 0.1) is 6.92 Å². The van der Waals surface area contributed by atoms with Gasteiger partial charge < -0.3 is 16.0 Å². The number of anilines is 2. The summed E-state index contributed by atoms with van der Waals surface area (Å²) < 4.78 is 0. The van der Waals surface area contributed by atoms with Gasteiger partial charge in [0.15, 0.2) is 0 Å². The second-order valence-electron chi connectivity index (χ2n) is 5.04. The molecule has 0 spiro atoms. The van der Waals surface area contributed by atoms with Gasteiger partial charge in [-0.2, -0.15) is 0 Å². The standard InChI is InChI=1S/C15H20N4OS/c1-10-18-12(9-21-10)6-7-17-14-5-4-11(8-13(14)16)15(20)19(2)3/h4-5,8-9,17H,6-7,16H2,1-3H3. The van der Waals surface area contributed by atoms with E-state index in [-0.39, 0.29) is 5.91 Å². The van der Waals surface area contributed by atoms with Crippen molar-refractivity contribution < 1.29 is 4.79 Å². The number of amides is 1. The van der Waals surface area contributed by atoms with E-state index in [1.54, 1.807) is 37.6 Å². The van der Waals surface area contributed by atoms with E-state index < -0.39 is 0 Å². The smallest absolute Gasteiger partial charge is 0.253 e. The molecule has 3 N–H and O–H groups in total. The molecular formula is C15H20N4OS. The topological polar surface area (TPSA) is 71.2 Å². The minimum atomic E-state index is -0.0498. The predicted octanol–water partition coefficient (Wildman–Crippen LogP) is 2.39. The van der Waals surface area contributed by atoms with E-state index in [0.717, 1.165) is 29.4 Å². The highest BCUT2D eigenvalue weighted by molar-refractivity contribution is 7.09. The molecule has 6 heteroatoms. The largest absolute Gasteiger partial charge is 0.397 e. The van der Waals surface area contributed by atoms with Gasteiger partial charge in [0.2, 0.25) is 0 Å². The maximum Gasteiger partial charge on any atom is 0.253 e. The van der Waals surface area contributed by atoms with Gasteiger partial charge in [-0.3, -0.25) is 4.79 Å². The molecule has 1 amide bonds. The number of nitrogens with zero attached hydrogens (tertiary/aromatic N) is 2. The lowest BCUT2D eigenvalue weighted by Gasteiger charge is -2.13. The molecule has 21 heavy (non-hydrogen) atoms. The van der Waals surface area contributed by atoms with E-state index in [0.29, 0.717) is 11.3 Å². The first-order valence-corrected chi connectivity index (χ1v) is 7.61. The highest BCUT2D eigenvalue weighted by Gasteiger charge is 2.09. The Kier molecular flexibility index (Phi) is 4.80. The molecule has 0 radical (unpaired) electrons. The van der Waals surface area contributed by atoms with E-state index >= 15 is 0 Å². The summed E-state index contributed by atoms with van der Waals surface area (Å²) in [7, 11) is 3.45. The molecule has 0 unspecified atom stereocenters. The number of carbonyl (C=O) groups is 1. The van der Waals surface area contributed by atoms with Gasteiger partial charge in [0.05, 0.1) is 22.1 Å². The minimum Gasteiger partial charge on any atom is -0.397 e. The number of nitrogen functional groups attached to an aromatic ring is 1. The fourth-order valence-electron chi connectivity index (χ4n) is 1.96. The maximum atomic E-state index is 11.9. The summed E-state index contributed by atoms with van der Waals surface area (Å²) in [6.45, 7) is 2.76. The molecule has 0 aliphatic heterocycles. The lowest BCUT2D eigenvalue weighted by molar-refractivity contribution is 0.0827. The third-order valence-corrected chi connectivity index (χ3v) is 3.89. The summed E-state index contributed by atoms with van der Waals surface area (Å²) in [6.07, 6.45) is 0.849. The van der Waals surface area contributed by atoms with Crippen molar-refractivity contribution in [3.05, 3.63) is 39.8 Å². The van der Waals surface area contributed by atoms with Gasteiger partial charge in [-0.05, 0) is 25.1 Å². The summed E-state index contributed by atoms with van der Waals surface area (Å²) >= 11 is 1.66. The first kappa shape index (κ1) is 15.3. The van der Waals surface area contributed by atoms with Crippen LogP contribution in [0.15, 0.2) is 23.6 Å². The molecule has 0 aliphatic carbocycles. The third-order valence-electron chi connectivity index (χ3n) is 3.07. The average Bonchev–Trinajstić information content (AvgIpc) is 2.85. The average molecular weight is 304 g/mol. The Morgan fingerprint density at radius 3 is 2.76 bits per heavy atom. The van der Waals surface area contributed by atoms with E-state index in [9.17, 15) is 4.79 Å². The van der Waals surface area contributed by atoms with Gasteiger partial charge in [0, 0.05) is 38.0 Å². The second-order valence-corrected chi connectivity index (χ2v) is 6.10. The van der Waals surface area contributed by atoms with Gasteiger partial charge >= 0.3 is 0 Å². The molecule has 112 valence electrons. The zero-order valence-electron chi connectivity index (χ0n) is 12.5. The molecule has 0 aliphatic rings. The lowest BCUT2D eigenvalue weighted by atomic mass is 10.1. The molecule has 2 rings (SSSR count). The second kappa shape index (κ2) is 6.58. The van der Waals surface area contributed by atoms with E-state index in [2.05, 4.69) is 15.7 Å². The summed E-state index contributed by atoms with van der Waals surface area (Å²) in [6, 6.07) is 5.34. The van der Waals surface area contributed by atoms with Crippen molar-refractivity contribution in [3.63, 3.8) is 0 Å². The molecule has 0 saturated carbocycles. The van der Waals surface area contributed by atoms with E-state index in [1.165, 1.54) is 4.90 Å². The van der Waals surface area contributed by atoms with Crippen LogP contribution in [-0.4, -0.2) is 36.4 Å². The van der Waals surface area contributed by atoms with Crippen LogP contribution in [0.3, 0.4) is 0 Å². The number of benzene rings is 1. The van der Waals surface area contributed by atoms with Crippen molar-refractivity contribution in [3.8, 4) is 0 Å². The van der Waals surface area contributed by atoms with Crippen molar-refractivity contribution in [2.75, 3.05) is 31.7 Å². The van der Waals surface area contributed by atoms with Crippen molar-refractivity contribution >= 4 is 28.6 Å². The quantitative estimate of drug-likeness (QED) is 0.832.